The molecule has 0 spiro atoms. The Balaban J connectivity index is 0.000000147. The van der Waals surface area contributed by atoms with Crippen molar-refractivity contribution in [1.82, 2.24) is 0 Å². The minimum atomic E-state index is -0.969. The van der Waals surface area contributed by atoms with Crippen LogP contribution in [0.15, 0.2) is 155 Å². The predicted molar refractivity (Wildman–Crippen MR) is 444 cm³/mol. The van der Waals surface area contributed by atoms with Crippen LogP contribution in [0.3, 0.4) is 0 Å². The molecule has 4 fully saturated rings. The maximum absolute atomic E-state index is 14.7. The molecule has 0 bridgehead atoms. The third kappa shape index (κ3) is 19.5. The number of rotatable bonds is 20. The van der Waals surface area contributed by atoms with E-state index in [0.29, 0.717) is 38.5 Å². The maximum Gasteiger partial charge on any atom is 0.495 e. The van der Waals surface area contributed by atoms with Gasteiger partial charge in [0.05, 0.1) is 54.3 Å². The molecule has 0 atom stereocenters. The summed E-state index contributed by atoms with van der Waals surface area (Å²) in [5, 5.41) is 28.9. The molecule has 604 valence electrons. The molecular weight excluding hydrogens is 1610 g/mol. The van der Waals surface area contributed by atoms with Crippen LogP contribution in [0.2, 0.25) is 0 Å². The lowest BCUT2D eigenvalue weighted by atomic mass is 9.62. The van der Waals surface area contributed by atoms with E-state index in [9.17, 15) is 43.0 Å². The van der Waals surface area contributed by atoms with E-state index in [4.69, 9.17) is 58.5 Å². The monoisotopic (exact) mass is 1700 g/mol. The van der Waals surface area contributed by atoms with Crippen molar-refractivity contribution in [2.45, 2.75) is 192 Å². The largest absolute Gasteiger partial charge is 0.495 e. The van der Waals surface area contributed by atoms with Gasteiger partial charge >= 0.3 is 7.12 Å². The highest BCUT2D eigenvalue weighted by Gasteiger charge is 2.55. The standard InChI is InChI=1S/C25H21FN2O4.C24H28BNO5.C18H16BrNO3.C12H26B2O4.C7H5BrFNO/c1-14-2-5-17(12-19(14)18-6-3-15(23(27)29)10-20(18)26)28-24(30)25(8-9-25)16-4-7-21-22(11-16)32-13-31-21;1-15-6-8-17(13-18(15)25-30-22(2,3)23(4,5)31-25)26-21(27)24(10-11-24)16-7-9-19-20(12-16)29-14-28-19;1-11-2-4-13(9-14(11)19)20-17(21)18(6-7-18)12-3-5-15-16(8-12)23-10-22-15;1-9(2,15)11(5,6)17-13-14-18-12(7,8)10(3,4)16;8-5-2-1-4(7(10)11)3-6(5)9/h2-7,10-12H,8-9,13H2,1H3,(H2,27,29)(H,28,30);6-9,12-13H,10-11,14H2,1-5H3,(H,26,27);2-5,8-9H,6-7,10H2,1H3,(H,20,21);15-16H,1-8H3;1-3H,(H2,10,11). The smallest absolute Gasteiger partial charge is 0.454 e. The van der Waals surface area contributed by atoms with Crippen LogP contribution >= 0.6 is 31.9 Å². The molecule has 0 unspecified atom stereocenters. The quantitative estimate of drug-likeness (QED) is 0.0275. The number of carbonyl (C=O) groups excluding carboxylic acids is 5. The molecule has 4 aliphatic heterocycles. The Morgan fingerprint density at radius 3 is 1.16 bits per heavy atom. The van der Waals surface area contributed by atoms with E-state index < -0.39 is 80.4 Å². The first-order valence-corrected chi connectivity index (χ1v) is 39.3. The average Bonchev–Trinajstić information content (AvgIpc) is 1.60. The summed E-state index contributed by atoms with van der Waals surface area (Å²) in [4.78, 5) is 61.1. The summed E-state index contributed by atoms with van der Waals surface area (Å²) in [6.45, 7) is 28.6. The van der Waals surface area contributed by atoms with Crippen molar-refractivity contribution in [3.8, 4) is 45.6 Å². The van der Waals surface area contributed by atoms with Gasteiger partial charge in [0.2, 0.25) is 49.9 Å². The molecular formula is C86H96B3Br2F2N5O17. The molecule has 3 aliphatic carbocycles. The summed E-state index contributed by atoms with van der Waals surface area (Å²) in [6.07, 6.45) is 4.81. The van der Waals surface area contributed by atoms with Gasteiger partial charge in [-0.05, 0) is 300 Å². The molecule has 115 heavy (non-hydrogen) atoms. The molecule has 8 aromatic carbocycles. The van der Waals surface area contributed by atoms with Gasteiger partial charge in [-0.1, -0.05) is 64.0 Å². The Labute approximate surface area is 688 Å². The van der Waals surface area contributed by atoms with E-state index in [-0.39, 0.29) is 49.2 Å². The molecule has 15 rings (SSSR count). The van der Waals surface area contributed by atoms with Crippen molar-refractivity contribution in [3.63, 3.8) is 0 Å². The second kappa shape index (κ2) is 33.7. The van der Waals surface area contributed by atoms with Gasteiger partial charge in [0.1, 0.15) is 11.6 Å². The number of carbonyl (C=O) groups is 5. The first-order chi connectivity index (χ1) is 53.9. The molecule has 29 heteroatoms. The van der Waals surface area contributed by atoms with E-state index in [1.165, 1.54) is 39.0 Å². The summed E-state index contributed by atoms with van der Waals surface area (Å²) in [7, 11) is 2.32. The lowest BCUT2D eigenvalue weighted by Crippen LogP contribution is -2.51. The zero-order valence-electron chi connectivity index (χ0n) is 67.1. The number of primary amides is 2. The van der Waals surface area contributed by atoms with Crippen LogP contribution < -0.4 is 61.3 Å². The molecule has 4 heterocycles. The number of fused-ring (bicyclic) bond motifs is 3. The fourth-order valence-electron chi connectivity index (χ4n) is 12.5. The molecule has 7 aliphatic rings. The molecule has 9 N–H and O–H groups in total. The van der Waals surface area contributed by atoms with E-state index in [1.54, 1.807) is 67.5 Å². The summed E-state index contributed by atoms with van der Waals surface area (Å²) in [5.41, 5.74) is 14.5. The van der Waals surface area contributed by atoms with Crippen molar-refractivity contribution < 1.29 is 90.0 Å². The maximum atomic E-state index is 14.7. The van der Waals surface area contributed by atoms with Crippen LogP contribution in [0.25, 0.3) is 11.1 Å². The summed E-state index contributed by atoms with van der Waals surface area (Å²) >= 11 is 6.45. The first-order valence-electron chi connectivity index (χ1n) is 37.7. The second-order valence-corrected chi connectivity index (χ2v) is 34.4. The van der Waals surface area contributed by atoms with E-state index >= 15 is 0 Å². The van der Waals surface area contributed by atoms with Gasteiger partial charge in [-0.15, -0.1) is 0 Å². The number of benzene rings is 8. The van der Waals surface area contributed by atoms with Gasteiger partial charge in [0.15, 0.2) is 34.5 Å². The highest BCUT2D eigenvalue weighted by molar-refractivity contribution is 9.10. The van der Waals surface area contributed by atoms with Gasteiger partial charge in [-0.25, -0.2) is 8.78 Å². The minimum Gasteiger partial charge on any atom is -0.454 e. The van der Waals surface area contributed by atoms with Crippen molar-refractivity contribution >= 4 is 106 Å². The number of nitrogens with two attached hydrogens (primary N) is 2. The SMILES string of the molecule is CC(C)(O)C(C)(C)O[B][B]OC(C)(C)C(C)(C)O.Cc1ccc(NC(=O)C2(c3ccc4c(c3)OCO4)CC2)cc1-c1ccc(C(N)=O)cc1F.Cc1ccc(NC(=O)C2(c3ccc4c(c3)OCO4)CC2)cc1B1OC(C)(C)C(C)(C)O1.Cc1ccc(NC(=O)C2(c3ccc4c(c3)OCO4)CC2)cc1Br.NC(=O)c1ccc(Br)c(F)c1. The summed E-state index contributed by atoms with van der Waals surface area (Å²) in [5.74, 6) is 1.79. The normalized spacial score (nSPS) is 16.7. The molecule has 0 aromatic heterocycles. The second-order valence-electron chi connectivity index (χ2n) is 32.7. The Morgan fingerprint density at radius 2 is 0.791 bits per heavy atom. The van der Waals surface area contributed by atoms with Crippen LogP contribution in [0.4, 0.5) is 25.8 Å². The van der Waals surface area contributed by atoms with E-state index in [2.05, 4.69) is 47.8 Å². The third-order valence-corrected chi connectivity index (χ3v) is 24.3. The minimum absolute atomic E-state index is 0.00455. The van der Waals surface area contributed by atoms with Crippen LogP contribution in [0.1, 0.15) is 176 Å². The molecule has 3 saturated carbocycles. The van der Waals surface area contributed by atoms with Gasteiger partial charge in [0.25, 0.3) is 14.7 Å². The fourth-order valence-corrected chi connectivity index (χ4v) is 13.1. The average molecular weight is 1700 g/mol. The number of hydrogen-bond acceptors (Lipinski definition) is 17. The van der Waals surface area contributed by atoms with Crippen molar-refractivity contribution in [3.05, 3.63) is 211 Å². The number of aliphatic hydroxyl groups is 2. The van der Waals surface area contributed by atoms with Crippen molar-refractivity contribution in [2.24, 2.45) is 11.5 Å². The Bertz CT molecular complexity index is 5000. The highest BCUT2D eigenvalue weighted by Crippen LogP contribution is 2.54. The Morgan fingerprint density at radius 1 is 0.435 bits per heavy atom. The number of amides is 5. The number of anilines is 3. The number of halogens is 4. The van der Waals surface area contributed by atoms with E-state index in [1.807, 2.05) is 146 Å². The summed E-state index contributed by atoms with van der Waals surface area (Å²) in [6, 6.07) is 42.4. The zero-order valence-corrected chi connectivity index (χ0v) is 70.3. The summed E-state index contributed by atoms with van der Waals surface area (Å²) < 4.78 is 84.5. The Hall–Kier alpha value is -9.32. The van der Waals surface area contributed by atoms with E-state index in [0.717, 1.165) is 123 Å². The lowest BCUT2D eigenvalue weighted by Gasteiger charge is -2.39. The first kappa shape index (κ1) is 86.5. The van der Waals surface area contributed by atoms with Gasteiger partial charge in [-0.2, -0.15) is 0 Å². The molecule has 2 radical (unpaired) electrons. The number of hydrogen-bond donors (Lipinski definition) is 7. The van der Waals surface area contributed by atoms with Gasteiger partial charge < -0.3 is 84.7 Å². The van der Waals surface area contributed by atoms with Crippen LogP contribution in [-0.4, -0.2) is 116 Å². The van der Waals surface area contributed by atoms with Crippen LogP contribution in [-0.2, 0) is 49.2 Å². The number of ether oxygens (including phenoxy) is 6. The van der Waals surface area contributed by atoms with Crippen molar-refractivity contribution in [1.29, 1.82) is 0 Å². The fraction of sp³-hybridized carbons (Fsp3) is 0.384. The topological polar surface area (TPSA) is 306 Å². The third-order valence-electron chi connectivity index (χ3n) is 22.8. The number of aryl methyl sites for hydroxylation is 3. The highest BCUT2D eigenvalue weighted by atomic mass is 79.9. The van der Waals surface area contributed by atoms with Gasteiger partial charge in [0, 0.05) is 38.2 Å². The van der Waals surface area contributed by atoms with Crippen LogP contribution in [0.5, 0.6) is 34.5 Å². The Kier molecular flexibility index (Phi) is 25.4. The van der Waals surface area contributed by atoms with Crippen LogP contribution in [0, 0.1) is 32.4 Å². The predicted octanol–water partition coefficient (Wildman–Crippen LogP) is 15.1. The molecule has 5 amide bonds. The zero-order chi connectivity index (χ0) is 83.8. The molecule has 1 saturated heterocycles. The molecule has 8 aromatic rings. The van der Waals surface area contributed by atoms with Crippen molar-refractivity contribution in [2.75, 3.05) is 36.3 Å². The molecule has 22 nitrogen and oxygen atoms in total. The number of nitrogens with one attached hydrogen (secondary N) is 3. The van der Waals surface area contributed by atoms with Gasteiger partial charge in [-0.3, -0.25) is 24.0 Å². The lowest BCUT2D eigenvalue weighted by molar-refractivity contribution is -0.119.